The van der Waals surface area contributed by atoms with Crippen LogP contribution in [0, 0.1) is 0 Å². The first kappa shape index (κ1) is 11.1. The van der Waals surface area contributed by atoms with Crippen molar-refractivity contribution in [2.24, 2.45) is 0 Å². The zero-order valence-corrected chi connectivity index (χ0v) is 9.60. The third-order valence-electron chi connectivity index (χ3n) is 1.98. The smallest absolute Gasteiger partial charge is 0.286 e. The molecule has 0 saturated carbocycles. The van der Waals surface area contributed by atoms with Crippen LogP contribution in [-0.2, 0) is 5.75 Å². The number of amides is 1. The van der Waals surface area contributed by atoms with E-state index >= 15 is 0 Å². The third kappa shape index (κ3) is 2.10. The molecule has 3 heteroatoms. The Labute approximate surface area is 89.3 Å². The van der Waals surface area contributed by atoms with Crippen LogP contribution in [0.4, 0.5) is 10.5 Å². The molecule has 0 atom stereocenters. The zero-order chi connectivity index (χ0) is 10.6. The van der Waals surface area contributed by atoms with Gasteiger partial charge < -0.3 is 4.90 Å². The molecule has 0 radical (unpaired) electrons. The highest BCUT2D eigenvalue weighted by Crippen LogP contribution is 2.31. The second kappa shape index (κ2) is 5.05. The van der Waals surface area contributed by atoms with Gasteiger partial charge in [-0.3, -0.25) is 4.79 Å². The standard InChI is InChI=1S/C9H9NOS.C2H6/c1-10-8-5-3-2-4-7(8)6-12-9(10)11;1-2/h2-5H,6H2,1H3;1-2H3. The summed E-state index contributed by atoms with van der Waals surface area (Å²) in [5.74, 6) is 0.805. The minimum Gasteiger partial charge on any atom is -0.306 e. The van der Waals surface area contributed by atoms with E-state index in [4.69, 9.17) is 0 Å². The average molecular weight is 209 g/mol. The van der Waals surface area contributed by atoms with Gasteiger partial charge in [-0.15, -0.1) is 0 Å². The molecule has 1 aliphatic rings. The Hall–Kier alpha value is -0.960. The molecule has 0 spiro atoms. The number of hydrogen-bond donors (Lipinski definition) is 0. The summed E-state index contributed by atoms with van der Waals surface area (Å²) in [6, 6.07) is 8.00. The second-order valence-electron chi connectivity index (χ2n) is 2.74. The number of para-hydroxylation sites is 1. The van der Waals surface area contributed by atoms with Gasteiger partial charge >= 0.3 is 0 Å². The summed E-state index contributed by atoms with van der Waals surface area (Å²) in [6.07, 6.45) is 0. The van der Waals surface area contributed by atoms with Crippen LogP contribution >= 0.6 is 11.8 Å². The van der Waals surface area contributed by atoms with E-state index in [1.165, 1.54) is 17.3 Å². The van der Waals surface area contributed by atoms with Crippen molar-refractivity contribution in [3.63, 3.8) is 0 Å². The molecule has 0 unspecified atom stereocenters. The summed E-state index contributed by atoms with van der Waals surface area (Å²) < 4.78 is 0. The van der Waals surface area contributed by atoms with Crippen molar-refractivity contribution in [1.29, 1.82) is 0 Å². The number of hydrogen-bond acceptors (Lipinski definition) is 2. The van der Waals surface area contributed by atoms with E-state index in [2.05, 4.69) is 6.07 Å². The van der Waals surface area contributed by atoms with Gasteiger partial charge in [-0.05, 0) is 11.6 Å². The molecular formula is C11H15NOS. The SMILES string of the molecule is CC.CN1C(=O)SCc2ccccc21. The van der Waals surface area contributed by atoms with Gasteiger partial charge in [0.15, 0.2) is 0 Å². The largest absolute Gasteiger partial charge is 0.306 e. The first-order valence-corrected chi connectivity index (χ1v) is 5.76. The second-order valence-corrected chi connectivity index (χ2v) is 3.67. The Balaban J connectivity index is 0.000000461. The molecule has 0 aromatic heterocycles. The lowest BCUT2D eigenvalue weighted by atomic mass is 10.2. The van der Waals surface area contributed by atoms with Crippen molar-refractivity contribution >= 4 is 22.7 Å². The van der Waals surface area contributed by atoms with E-state index in [0.29, 0.717) is 0 Å². The van der Waals surface area contributed by atoms with Crippen molar-refractivity contribution in [3.05, 3.63) is 29.8 Å². The molecule has 0 bridgehead atoms. The molecule has 14 heavy (non-hydrogen) atoms. The van der Waals surface area contributed by atoms with Crippen LogP contribution < -0.4 is 4.90 Å². The minimum atomic E-state index is 0.133. The topological polar surface area (TPSA) is 20.3 Å². The highest BCUT2D eigenvalue weighted by Gasteiger charge is 2.20. The number of carbonyl (C=O) groups excluding carboxylic acids is 1. The van der Waals surface area contributed by atoms with Crippen LogP contribution in [0.25, 0.3) is 0 Å². The van der Waals surface area contributed by atoms with E-state index in [-0.39, 0.29) is 5.24 Å². The highest BCUT2D eigenvalue weighted by atomic mass is 32.2. The number of anilines is 1. The third-order valence-corrected chi connectivity index (χ3v) is 2.95. The molecule has 1 amide bonds. The number of fused-ring (bicyclic) bond motifs is 1. The molecule has 0 N–H and O–H groups in total. The Bertz CT molecular complexity index is 325. The van der Waals surface area contributed by atoms with E-state index < -0.39 is 0 Å². The Morgan fingerprint density at radius 2 is 1.93 bits per heavy atom. The summed E-state index contributed by atoms with van der Waals surface area (Å²) in [7, 11) is 1.81. The number of rotatable bonds is 0. The molecule has 76 valence electrons. The summed E-state index contributed by atoms with van der Waals surface area (Å²) in [6.45, 7) is 4.00. The van der Waals surface area contributed by atoms with E-state index in [0.717, 1.165) is 11.4 Å². The van der Waals surface area contributed by atoms with Gasteiger partial charge in [-0.2, -0.15) is 0 Å². The van der Waals surface area contributed by atoms with Gasteiger partial charge in [0.05, 0.1) is 0 Å². The van der Waals surface area contributed by atoms with Gasteiger partial charge in [0.25, 0.3) is 5.24 Å². The molecule has 1 aliphatic heterocycles. The van der Waals surface area contributed by atoms with E-state index in [9.17, 15) is 4.79 Å². The zero-order valence-electron chi connectivity index (χ0n) is 8.78. The van der Waals surface area contributed by atoms with Gasteiger partial charge in [-0.1, -0.05) is 43.8 Å². The number of carbonyl (C=O) groups is 1. The number of nitrogens with zero attached hydrogens (tertiary/aromatic N) is 1. The highest BCUT2D eigenvalue weighted by molar-refractivity contribution is 8.13. The normalized spacial score (nSPS) is 14.2. The van der Waals surface area contributed by atoms with Crippen molar-refractivity contribution in [3.8, 4) is 0 Å². The quantitative estimate of drug-likeness (QED) is 0.651. The van der Waals surface area contributed by atoms with E-state index in [1.54, 1.807) is 4.90 Å². The lowest BCUT2D eigenvalue weighted by molar-refractivity contribution is 0.266. The predicted molar refractivity (Wildman–Crippen MR) is 62.9 cm³/mol. The first-order chi connectivity index (χ1) is 6.79. The monoisotopic (exact) mass is 209 g/mol. The van der Waals surface area contributed by atoms with Crippen molar-refractivity contribution in [1.82, 2.24) is 0 Å². The molecule has 0 saturated heterocycles. The molecule has 1 aromatic rings. The molecule has 0 aliphatic carbocycles. The van der Waals surface area contributed by atoms with Crippen molar-refractivity contribution < 1.29 is 4.79 Å². The van der Waals surface area contributed by atoms with Crippen molar-refractivity contribution in [2.75, 3.05) is 11.9 Å². The average Bonchev–Trinajstić information content (AvgIpc) is 2.27. The van der Waals surface area contributed by atoms with Gasteiger partial charge in [0, 0.05) is 18.5 Å². The summed E-state index contributed by atoms with van der Waals surface area (Å²) >= 11 is 1.36. The van der Waals surface area contributed by atoms with Gasteiger partial charge in [0.1, 0.15) is 0 Å². The summed E-state index contributed by atoms with van der Waals surface area (Å²) in [4.78, 5) is 12.9. The fourth-order valence-electron chi connectivity index (χ4n) is 1.29. The molecule has 1 heterocycles. The lowest BCUT2D eigenvalue weighted by Gasteiger charge is -2.24. The first-order valence-electron chi connectivity index (χ1n) is 4.77. The molecule has 0 fully saturated rings. The van der Waals surface area contributed by atoms with Crippen LogP contribution in [0.15, 0.2) is 24.3 Å². The fraction of sp³-hybridized carbons (Fsp3) is 0.364. The number of benzene rings is 1. The van der Waals surface area contributed by atoms with Crippen LogP contribution in [0.2, 0.25) is 0 Å². The Kier molecular flexibility index (Phi) is 4.01. The van der Waals surface area contributed by atoms with Gasteiger partial charge in [-0.25, -0.2) is 0 Å². The lowest BCUT2D eigenvalue weighted by Crippen LogP contribution is -2.26. The van der Waals surface area contributed by atoms with Gasteiger partial charge in [0.2, 0.25) is 0 Å². The summed E-state index contributed by atoms with van der Waals surface area (Å²) in [5.41, 5.74) is 2.28. The van der Waals surface area contributed by atoms with E-state index in [1.807, 2.05) is 39.1 Å². The fourth-order valence-corrected chi connectivity index (χ4v) is 2.11. The summed E-state index contributed by atoms with van der Waals surface area (Å²) in [5, 5.41) is 0.133. The molecule has 1 aromatic carbocycles. The predicted octanol–water partition coefficient (Wildman–Crippen LogP) is 3.52. The molecule has 2 rings (SSSR count). The van der Waals surface area contributed by atoms with Crippen LogP contribution in [-0.4, -0.2) is 12.3 Å². The minimum absolute atomic E-state index is 0.133. The van der Waals surface area contributed by atoms with Crippen LogP contribution in [0.1, 0.15) is 19.4 Å². The maximum absolute atomic E-state index is 11.2. The van der Waals surface area contributed by atoms with Crippen molar-refractivity contribution in [2.45, 2.75) is 19.6 Å². The maximum Gasteiger partial charge on any atom is 0.286 e. The molecule has 2 nitrogen and oxygen atoms in total. The van der Waals surface area contributed by atoms with Crippen LogP contribution in [0.5, 0.6) is 0 Å². The number of thioether (sulfide) groups is 1. The Morgan fingerprint density at radius 1 is 1.29 bits per heavy atom. The maximum atomic E-state index is 11.2. The van der Waals surface area contributed by atoms with Crippen LogP contribution in [0.3, 0.4) is 0 Å². The Morgan fingerprint density at radius 3 is 2.64 bits per heavy atom. The molecular weight excluding hydrogens is 194 g/mol.